The Labute approximate surface area is 163 Å². The molecule has 1 aliphatic rings. The second kappa shape index (κ2) is 7.93. The highest BCUT2D eigenvalue weighted by atomic mass is 32.2. The van der Waals surface area contributed by atoms with Gasteiger partial charge >= 0.3 is 5.97 Å². The average molecular weight is 385 g/mol. The van der Waals surface area contributed by atoms with Gasteiger partial charge in [0.15, 0.2) is 5.11 Å². The van der Waals surface area contributed by atoms with Crippen molar-refractivity contribution < 1.29 is 9.53 Å². The van der Waals surface area contributed by atoms with Gasteiger partial charge in [-0.2, -0.15) is 0 Å². The molecule has 0 spiro atoms. The maximum absolute atomic E-state index is 12.6. The van der Waals surface area contributed by atoms with Crippen LogP contribution in [0.5, 0.6) is 0 Å². The number of thiocarbonyl (C=S) groups is 1. The third kappa shape index (κ3) is 3.48. The van der Waals surface area contributed by atoms with Crippen molar-refractivity contribution in [2.75, 3.05) is 18.3 Å². The van der Waals surface area contributed by atoms with E-state index in [0.717, 1.165) is 16.9 Å². The number of hydrogen-bond acceptors (Lipinski definition) is 4. The summed E-state index contributed by atoms with van der Waals surface area (Å²) < 4.78 is 5.07. The van der Waals surface area contributed by atoms with Crippen LogP contribution >= 0.6 is 24.0 Å². The van der Waals surface area contributed by atoms with Crippen LogP contribution in [0.2, 0.25) is 0 Å². The fourth-order valence-electron chi connectivity index (χ4n) is 3.05. The second-order valence-electron chi connectivity index (χ2n) is 5.82. The standard InChI is InChI=1S/C20H20N2O2S2/c1-13-17(19(23)24-2)18(14-9-11-16(26-3)12-10-14)21-20(25)22(13)15-7-5-4-6-8-15/h4-12,18H,1-3H3,(H,21,25)/t18-/m1/s1. The molecule has 3 rings (SSSR count). The van der Waals surface area contributed by atoms with Gasteiger partial charge < -0.3 is 10.1 Å². The number of carbonyl (C=O) groups excluding carboxylic acids is 1. The van der Waals surface area contributed by atoms with Gasteiger partial charge in [0.1, 0.15) is 0 Å². The second-order valence-corrected chi connectivity index (χ2v) is 7.08. The Morgan fingerprint density at radius 2 is 1.81 bits per heavy atom. The van der Waals surface area contributed by atoms with Crippen LogP contribution in [0.1, 0.15) is 18.5 Å². The van der Waals surface area contributed by atoms with Crippen molar-refractivity contribution in [2.45, 2.75) is 17.9 Å². The summed E-state index contributed by atoms with van der Waals surface area (Å²) in [4.78, 5) is 15.6. The number of carbonyl (C=O) groups is 1. The normalized spacial score (nSPS) is 17.1. The lowest BCUT2D eigenvalue weighted by Crippen LogP contribution is -2.48. The van der Waals surface area contributed by atoms with Crippen LogP contribution in [0.3, 0.4) is 0 Å². The molecule has 1 atom stereocenters. The van der Waals surface area contributed by atoms with E-state index in [2.05, 4.69) is 5.32 Å². The molecule has 134 valence electrons. The summed E-state index contributed by atoms with van der Waals surface area (Å²) in [7, 11) is 1.40. The number of ether oxygens (including phenoxy) is 1. The van der Waals surface area contributed by atoms with Crippen LogP contribution < -0.4 is 10.2 Å². The van der Waals surface area contributed by atoms with Crippen LogP contribution in [-0.2, 0) is 9.53 Å². The highest BCUT2D eigenvalue weighted by Gasteiger charge is 2.35. The lowest BCUT2D eigenvalue weighted by molar-refractivity contribution is -0.136. The zero-order chi connectivity index (χ0) is 18.7. The quantitative estimate of drug-likeness (QED) is 0.482. The summed E-state index contributed by atoms with van der Waals surface area (Å²) >= 11 is 7.29. The van der Waals surface area contributed by atoms with Gasteiger partial charge in [0.2, 0.25) is 0 Å². The van der Waals surface area contributed by atoms with E-state index in [0.29, 0.717) is 10.7 Å². The highest BCUT2D eigenvalue weighted by molar-refractivity contribution is 7.98. The van der Waals surface area contributed by atoms with Crippen molar-refractivity contribution in [2.24, 2.45) is 0 Å². The molecular formula is C20H20N2O2S2. The predicted octanol–water partition coefficient (Wildman–Crippen LogP) is 4.29. The molecule has 1 aliphatic heterocycles. The number of esters is 1. The molecule has 26 heavy (non-hydrogen) atoms. The Morgan fingerprint density at radius 3 is 2.38 bits per heavy atom. The molecular weight excluding hydrogens is 364 g/mol. The number of thioether (sulfide) groups is 1. The number of nitrogens with one attached hydrogen (secondary N) is 1. The Bertz CT molecular complexity index is 848. The first-order chi connectivity index (χ1) is 12.6. The van der Waals surface area contributed by atoms with Crippen molar-refractivity contribution in [1.82, 2.24) is 5.32 Å². The van der Waals surface area contributed by atoms with Crippen molar-refractivity contribution in [3.05, 3.63) is 71.4 Å². The van der Waals surface area contributed by atoms with Gasteiger partial charge in [-0.05, 0) is 55.2 Å². The summed E-state index contributed by atoms with van der Waals surface area (Å²) in [5.74, 6) is -0.364. The predicted molar refractivity (Wildman–Crippen MR) is 110 cm³/mol. The number of methoxy groups -OCH3 is 1. The fourth-order valence-corrected chi connectivity index (χ4v) is 3.82. The molecule has 4 nitrogen and oxygen atoms in total. The Balaban J connectivity index is 2.10. The van der Waals surface area contributed by atoms with Crippen molar-refractivity contribution >= 4 is 40.7 Å². The number of allylic oxidation sites excluding steroid dienone is 1. The zero-order valence-electron chi connectivity index (χ0n) is 14.9. The van der Waals surface area contributed by atoms with Gasteiger partial charge in [0.05, 0.1) is 18.7 Å². The first kappa shape index (κ1) is 18.5. The largest absolute Gasteiger partial charge is 0.466 e. The number of nitrogens with zero attached hydrogens (tertiary/aromatic N) is 1. The summed E-state index contributed by atoms with van der Waals surface area (Å²) in [5, 5.41) is 3.86. The van der Waals surface area contributed by atoms with E-state index in [-0.39, 0.29) is 12.0 Å². The van der Waals surface area contributed by atoms with E-state index in [9.17, 15) is 4.79 Å². The fraction of sp³-hybridized carbons (Fsp3) is 0.200. The Hall–Kier alpha value is -2.31. The Kier molecular flexibility index (Phi) is 5.64. The molecule has 0 fully saturated rings. The van der Waals surface area contributed by atoms with Crippen LogP contribution in [-0.4, -0.2) is 24.4 Å². The third-order valence-electron chi connectivity index (χ3n) is 4.35. The number of para-hydroxylation sites is 1. The number of anilines is 1. The minimum atomic E-state index is -0.364. The SMILES string of the molecule is COC(=O)C1=C(C)N(c2ccccc2)C(=S)N[C@@H]1c1ccc(SC)cc1. The van der Waals surface area contributed by atoms with Gasteiger partial charge in [0.25, 0.3) is 0 Å². The summed E-state index contributed by atoms with van der Waals surface area (Å²) in [6.45, 7) is 1.90. The summed E-state index contributed by atoms with van der Waals surface area (Å²) in [6.07, 6.45) is 2.03. The van der Waals surface area contributed by atoms with Crippen molar-refractivity contribution in [3.8, 4) is 0 Å². The van der Waals surface area contributed by atoms with Crippen LogP contribution in [0.25, 0.3) is 0 Å². The van der Waals surface area contributed by atoms with E-state index in [1.54, 1.807) is 11.8 Å². The maximum Gasteiger partial charge on any atom is 0.337 e. The molecule has 0 radical (unpaired) electrons. The lowest BCUT2D eigenvalue weighted by Gasteiger charge is -2.37. The number of benzene rings is 2. The first-order valence-corrected chi connectivity index (χ1v) is 9.78. The zero-order valence-corrected chi connectivity index (χ0v) is 16.5. The molecule has 0 unspecified atom stereocenters. The highest BCUT2D eigenvalue weighted by Crippen LogP contribution is 2.34. The minimum absolute atomic E-state index is 0.342. The number of hydrogen-bond donors (Lipinski definition) is 1. The van der Waals surface area contributed by atoms with E-state index < -0.39 is 0 Å². The molecule has 6 heteroatoms. The smallest absolute Gasteiger partial charge is 0.337 e. The maximum atomic E-state index is 12.6. The topological polar surface area (TPSA) is 41.6 Å². The van der Waals surface area contributed by atoms with Gasteiger partial charge in [-0.15, -0.1) is 11.8 Å². The molecule has 0 amide bonds. The molecule has 0 saturated carbocycles. The van der Waals surface area contributed by atoms with E-state index in [1.165, 1.54) is 12.0 Å². The molecule has 2 aromatic rings. The monoisotopic (exact) mass is 384 g/mol. The van der Waals surface area contributed by atoms with E-state index in [4.69, 9.17) is 17.0 Å². The average Bonchev–Trinajstić information content (AvgIpc) is 2.68. The lowest BCUT2D eigenvalue weighted by atomic mass is 9.95. The summed E-state index contributed by atoms with van der Waals surface area (Å²) in [6, 6.07) is 17.5. The molecule has 0 bridgehead atoms. The van der Waals surface area contributed by atoms with Gasteiger partial charge in [-0.3, -0.25) is 4.90 Å². The van der Waals surface area contributed by atoms with Crippen LogP contribution in [0.15, 0.2) is 70.8 Å². The van der Waals surface area contributed by atoms with Crippen LogP contribution in [0, 0.1) is 0 Å². The molecule has 0 aromatic heterocycles. The van der Waals surface area contributed by atoms with Crippen molar-refractivity contribution in [3.63, 3.8) is 0 Å². The molecule has 1 heterocycles. The molecule has 0 saturated heterocycles. The van der Waals surface area contributed by atoms with Gasteiger partial charge in [0, 0.05) is 16.3 Å². The van der Waals surface area contributed by atoms with Gasteiger partial charge in [-0.25, -0.2) is 4.79 Å². The molecule has 0 aliphatic carbocycles. The third-order valence-corrected chi connectivity index (χ3v) is 5.40. The Morgan fingerprint density at radius 1 is 1.15 bits per heavy atom. The molecule has 2 aromatic carbocycles. The first-order valence-electron chi connectivity index (χ1n) is 8.15. The number of rotatable bonds is 4. The van der Waals surface area contributed by atoms with Gasteiger partial charge in [-0.1, -0.05) is 30.3 Å². The van der Waals surface area contributed by atoms with E-state index in [1.807, 2.05) is 72.7 Å². The van der Waals surface area contributed by atoms with Crippen molar-refractivity contribution in [1.29, 1.82) is 0 Å². The summed E-state index contributed by atoms with van der Waals surface area (Å²) in [5.41, 5.74) is 3.20. The van der Waals surface area contributed by atoms with Crippen LogP contribution in [0.4, 0.5) is 5.69 Å². The molecule has 1 N–H and O–H groups in total. The minimum Gasteiger partial charge on any atom is -0.466 e. The van der Waals surface area contributed by atoms with E-state index >= 15 is 0 Å².